The van der Waals surface area contributed by atoms with Gasteiger partial charge in [0, 0.05) is 18.5 Å². The highest BCUT2D eigenvalue weighted by atomic mass is 32.2. The largest absolute Gasteiger partial charge is 0.492 e. The van der Waals surface area contributed by atoms with Crippen molar-refractivity contribution in [2.45, 2.75) is 19.9 Å². The van der Waals surface area contributed by atoms with Gasteiger partial charge in [0.25, 0.3) is 0 Å². The zero-order chi connectivity index (χ0) is 18.4. The molecule has 1 heterocycles. The molecule has 0 radical (unpaired) electrons. The van der Waals surface area contributed by atoms with Crippen LogP contribution in [0.4, 0.5) is 0 Å². The molecule has 3 rings (SSSR count). The van der Waals surface area contributed by atoms with Gasteiger partial charge in [-0.2, -0.15) is 5.10 Å². The smallest absolute Gasteiger partial charge is 0.214 e. The predicted molar refractivity (Wildman–Crippen MR) is 103 cm³/mol. The van der Waals surface area contributed by atoms with Gasteiger partial charge in [-0.1, -0.05) is 30.3 Å². The number of aromatic nitrogens is 2. The van der Waals surface area contributed by atoms with Crippen molar-refractivity contribution >= 4 is 20.9 Å². The Morgan fingerprint density at radius 1 is 1.15 bits per heavy atom. The summed E-state index contributed by atoms with van der Waals surface area (Å²) in [6.07, 6.45) is 2.50. The number of sulfonamides is 1. The second-order valence-corrected chi connectivity index (χ2v) is 8.08. The van der Waals surface area contributed by atoms with Crippen molar-refractivity contribution < 1.29 is 13.2 Å². The molecule has 6 nitrogen and oxygen atoms in total. The fraction of sp³-hybridized carbons (Fsp3) is 0.316. The highest BCUT2D eigenvalue weighted by Gasteiger charge is 2.10. The summed E-state index contributed by atoms with van der Waals surface area (Å²) in [7, 11) is -3.35. The minimum atomic E-state index is -3.35. The number of nitrogens with one attached hydrogen (secondary N) is 1. The molecule has 0 unspecified atom stereocenters. The van der Waals surface area contributed by atoms with Crippen LogP contribution < -0.4 is 9.46 Å². The molecule has 0 bridgehead atoms. The molecule has 3 aromatic rings. The lowest BCUT2D eigenvalue weighted by atomic mass is 10.2. The van der Waals surface area contributed by atoms with E-state index in [1.54, 1.807) is 12.1 Å². The highest BCUT2D eigenvalue weighted by Crippen LogP contribution is 2.15. The molecule has 0 aliphatic carbocycles. The second kappa shape index (κ2) is 8.33. The van der Waals surface area contributed by atoms with E-state index in [2.05, 4.69) is 22.0 Å². The van der Waals surface area contributed by atoms with Gasteiger partial charge in [-0.25, -0.2) is 13.1 Å². The van der Waals surface area contributed by atoms with Crippen LogP contribution in [0.15, 0.2) is 54.7 Å². The standard InChI is InChI=1S/C19H23N3O3S/c1-16-8-9-17-15-20-22(19(17)14-16)11-5-10-21-26(23,24)13-12-25-18-6-3-2-4-7-18/h2-4,6-9,14-15,21H,5,10-13H2,1H3. The number of rotatable bonds is 9. The molecule has 0 saturated carbocycles. The Bertz CT molecular complexity index is 953. The number of fused-ring (bicyclic) bond motifs is 1. The van der Waals surface area contributed by atoms with Crippen molar-refractivity contribution in [3.63, 3.8) is 0 Å². The normalized spacial score (nSPS) is 11.7. The minimum absolute atomic E-state index is 0.0637. The van der Waals surface area contributed by atoms with Crippen LogP contribution in [0.5, 0.6) is 5.75 Å². The van der Waals surface area contributed by atoms with Crippen LogP contribution in [-0.4, -0.2) is 37.1 Å². The molecule has 26 heavy (non-hydrogen) atoms. The summed E-state index contributed by atoms with van der Waals surface area (Å²) in [5, 5.41) is 5.46. The molecular weight excluding hydrogens is 350 g/mol. The van der Waals surface area contributed by atoms with Gasteiger partial charge in [-0.3, -0.25) is 4.68 Å². The van der Waals surface area contributed by atoms with Gasteiger partial charge in [-0.15, -0.1) is 0 Å². The molecule has 0 fully saturated rings. The summed E-state index contributed by atoms with van der Waals surface area (Å²) in [6.45, 7) is 3.21. The van der Waals surface area contributed by atoms with Crippen molar-refractivity contribution in [1.82, 2.24) is 14.5 Å². The van der Waals surface area contributed by atoms with Gasteiger partial charge in [0.05, 0.1) is 17.5 Å². The lowest BCUT2D eigenvalue weighted by Gasteiger charge is -2.09. The van der Waals surface area contributed by atoms with Gasteiger partial charge in [0.2, 0.25) is 10.0 Å². The third kappa shape index (κ3) is 5.06. The Labute approximate surface area is 153 Å². The summed E-state index contributed by atoms with van der Waals surface area (Å²) in [6, 6.07) is 15.4. The summed E-state index contributed by atoms with van der Waals surface area (Å²) >= 11 is 0. The molecule has 0 amide bonds. The van der Waals surface area contributed by atoms with Gasteiger partial charge >= 0.3 is 0 Å². The van der Waals surface area contributed by atoms with Gasteiger partial charge in [0.1, 0.15) is 12.4 Å². The quantitative estimate of drug-likeness (QED) is 0.585. The topological polar surface area (TPSA) is 73.2 Å². The fourth-order valence-corrected chi connectivity index (χ4v) is 3.58. The zero-order valence-electron chi connectivity index (χ0n) is 14.8. The van der Waals surface area contributed by atoms with Gasteiger partial charge in [-0.05, 0) is 37.1 Å². The highest BCUT2D eigenvalue weighted by molar-refractivity contribution is 7.89. The summed E-state index contributed by atoms with van der Waals surface area (Å²) in [4.78, 5) is 0. The Balaban J connectivity index is 1.42. The molecule has 0 saturated heterocycles. The van der Waals surface area contributed by atoms with E-state index >= 15 is 0 Å². The number of aryl methyl sites for hydroxylation is 2. The number of hydrogen-bond donors (Lipinski definition) is 1. The number of hydrogen-bond acceptors (Lipinski definition) is 4. The van der Waals surface area contributed by atoms with Gasteiger partial charge in [0.15, 0.2) is 0 Å². The summed E-state index contributed by atoms with van der Waals surface area (Å²) in [5.74, 6) is 0.606. The lowest BCUT2D eigenvalue weighted by Crippen LogP contribution is -2.30. The summed E-state index contributed by atoms with van der Waals surface area (Å²) in [5.41, 5.74) is 2.25. The Hall–Kier alpha value is -2.38. The lowest BCUT2D eigenvalue weighted by molar-refractivity contribution is 0.340. The molecule has 2 aromatic carbocycles. The number of ether oxygens (including phenoxy) is 1. The van der Waals surface area contributed by atoms with Crippen molar-refractivity contribution in [2.75, 3.05) is 18.9 Å². The van der Waals surface area contributed by atoms with E-state index in [4.69, 9.17) is 4.74 Å². The van der Waals surface area contributed by atoms with Crippen molar-refractivity contribution in [3.05, 3.63) is 60.3 Å². The van der Waals surface area contributed by atoms with Gasteiger partial charge < -0.3 is 4.74 Å². The molecule has 0 atom stereocenters. The van der Waals surface area contributed by atoms with Crippen LogP contribution in [0, 0.1) is 6.92 Å². The molecule has 0 aliphatic rings. The van der Waals surface area contributed by atoms with Crippen LogP contribution >= 0.6 is 0 Å². The van der Waals surface area contributed by atoms with E-state index in [1.165, 1.54) is 5.56 Å². The first kappa shape index (κ1) is 18.4. The first-order chi connectivity index (χ1) is 12.5. The predicted octanol–water partition coefficient (Wildman–Crippen LogP) is 2.73. The zero-order valence-corrected chi connectivity index (χ0v) is 15.6. The van der Waals surface area contributed by atoms with Crippen LogP contribution in [0.25, 0.3) is 10.9 Å². The molecule has 7 heteroatoms. The maximum absolute atomic E-state index is 12.0. The molecule has 0 spiro atoms. The van der Waals surface area contributed by atoms with Crippen LogP contribution in [0.3, 0.4) is 0 Å². The Kier molecular flexibility index (Phi) is 5.90. The first-order valence-electron chi connectivity index (χ1n) is 8.61. The second-order valence-electron chi connectivity index (χ2n) is 6.16. The number of nitrogens with zero attached hydrogens (tertiary/aromatic N) is 2. The average molecular weight is 373 g/mol. The molecular formula is C19H23N3O3S. The SMILES string of the molecule is Cc1ccc2cnn(CCCNS(=O)(=O)CCOc3ccccc3)c2c1. The molecule has 1 N–H and O–H groups in total. The van der Waals surface area contributed by atoms with E-state index < -0.39 is 10.0 Å². The monoisotopic (exact) mass is 373 g/mol. The van der Waals surface area contributed by atoms with Crippen molar-refractivity contribution in [3.8, 4) is 5.75 Å². The third-order valence-electron chi connectivity index (χ3n) is 4.03. The first-order valence-corrected chi connectivity index (χ1v) is 10.3. The Morgan fingerprint density at radius 3 is 2.77 bits per heavy atom. The number of benzene rings is 2. The van der Waals surface area contributed by atoms with E-state index in [9.17, 15) is 8.42 Å². The van der Waals surface area contributed by atoms with Crippen LogP contribution in [0.2, 0.25) is 0 Å². The van der Waals surface area contributed by atoms with Crippen molar-refractivity contribution in [1.29, 1.82) is 0 Å². The molecule has 138 valence electrons. The van der Waals surface area contributed by atoms with Crippen LogP contribution in [-0.2, 0) is 16.6 Å². The number of para-hydroxylation sites is 1. The third-order valence-corrected chi connectivity index (χ3v) is 5.38. The van der Waals surface area contributed by atoms with E-state index in [1.807, 2.05) is 42.1 Å². The van der Waals surface area contributed by atoms with E-state index in [-0.39, 0.29) is 12.4 Å². The van der Waals surface area contributed by atoms with E-state index in [0.29, 0.717) is 25.3 Å². The Morgan fingerprint density at radius 2 is 1.96 bits per heavy atom. The van der Waals surface area contributed by atoms with Crippen LogP contribution in [0.1, 0.15) is 12.0 Å². The van der Waals surface area contributed by atoms with E-state index in [0.717, 1.165) is 10.9 Å². The average Bonchev–Trinajstić information content (AvgIpc) is 3.02. The van der Waals surface area contributed by atoms with Crippen molar-refractivity contribution in [2.24, 2.45) is 0 Å². The maximum Gasteiger partial charge on any atom is 0.214 e. The fourth-order valence-electron chi connectivity index (χ4n) is 2.67. The molecule has 1 aromatic heterocycles. The minimum Gasteiger partial charge on any atom is -0.492 e. The molecule has 0 aliphatic heterocycles. The maximum atomic E-state index is 12.0. The summed E-state index contributed by atoms with van der Waals surface area (Å²) < 4.78 is 34.0.